The normalized spacial score (nSPS) is 18.7. The maximum absolute atomic E-state index is 12.6. The molecule has 1 atom stereocenters. The maximum Gasteiger partial charge on any atom is 0.401 e. The lowest BCUT2D eigenvalue weighted by molar-refractivity contribution is -0.154. The molecule has 0 heterocycles. The van der Waals surface area contributed by atoms with Crippen molar-refractivity contribution in [2.75, 3.05) is 26.8 Å². The van der Waals surface area contributed by atoms with E-state index in [-0.39, 0.29) is 18.1 Å². The minimum atomic E-state index is -4.15. The molecule has 0 radical (unpaired) electrons. The molecule has 0 amide bonds. The van der Waals surface area contributed by atoms with Gasteiger partial charge in [-0.1, -0.05) is 13.8 Å². The van der Waals surface area contributed by atoms with Gasteiger partial charge in [-0.05, 0) is 12.8 Å². The summed E-state index contributed by atoms with van der Waals surface area (Å²) < 4.78 is 42.8. The number of nitrogens with one attached hydrogen (secondary N) is 1. The third-order valence-corrected chi connectivity index (χ3v) is 2.97. The number of ether oxygens (including phenoxy) is 1. The van der Waals surface area contributed by atoms with Crippen molar-refractivity contribution >= 4 is 0 Å². The molecule has 0 saturated heterocycles. The molecule has 0 aromatic heterocycles. The van der Waals surface area contributed by atoms with Crippen molar-refractivity contribution in [2.24, 2.45) is 0 Å². The summed E-state index contributed by atoms with van der Waals surface area (Å²) in [6.07, 6.45) is -2.43. The van der Waals surface area contributed by atoms with Crippen LogP contribution in [0.2, 0.25) is 0 Å². The number of alkyl halides is 3. The summed E-state index contributed by atoms with van der Waals surface area (Å²) in [5.41, 5.74) is 0. The van der Waals surface area contributed by atoms with Gasteiger partial charge in [-0.25, -0.2) is 0 Å². The van der Waals surface area contributed by atoms with E-state index >= 15 is 0 Å². The fourth-order valence-electron chi connectivity index (χ4n) is 2.01. The van der Waals surface area contributed by atoms with Crippen LogP contribution in [0.3, 0.4) is 0 Å². The third-order valence-electron chi connectivity index (χ3n) is 2.97. The summed E-state index contributed by atoms with van der Waals surface area (Å²) >= 11 is 0. The standard InChI is InChI=1S/C12H23F3N2O/c1-9(2)16-6-11(7-18-3)17(10-4-5-10)8-12(13,14)15/h9-11,16H,4-8H2,1-3H3. The minimum Gasteiger partial charge on any atom is -0.383 e. The first-order valence-electron chi connectivity index (χ1n) is 6.38. The van der Waals surface area contributed by atoms with E-state index in [4.69, 9.17) is 4.74 Å². The van der Waals surface area contributed by atoms with Gasteiger partial charge in [0.15, 0.2) is 0 Å². The molecule has 1 aliphatic carbocycles. The third kappa shape index (κ3) is 6.02. The van der Waals surface area contributed by atoms with E-state index in [0.717, 1.165) is 12.8 Å². The largest absolute Gasteiger partial charge is 0.401 e. The van der Waals surface area contributed by atoms with Gasteiger partial charge in [0.1, 0.15) is 0 Å². The Kier molecular flexibility index (Phi) is 5.88. The molecule has 18 heavy (non-hydrogen) atoms. The van der Waals surface area contributed by atoms with Crippen LogP contribution < -0.4 is 5.32 Å². The second kappa shape index (κ2) is 6.73. The highest BCUT2D eigenvalue weighted by Gasteiger charge is 2.41. The first kappa shape index (κ1) is 15.7. The molecule has 0 aromatic carbocycles. The first-order valence-corrected chi connectivity index (χ1v) is 6.38. The number of rotatable bonds is 8. The van der Waals surface area contributed by atoms with Crippen LogP contribution in [0.15, 0.2) is 0 Å². The van der Waals surface area contributed by atoms with Crippen molar-refractivity contribution in [3.63, 3.8) is 0 Å². The molecule has 0 aromatic rings. The molecule has 1 aliphatic rings. The van der Waals surface area contributed by atoms with Gasteiger partial charge in [0, 0.05) is 31.8 Å². The van der Waals surface area contributed by atoms with Gasteiger partial charge in [-0.3, -0.25) is 4.90 Å². The zero-order valence-corrected chi connectivity index (χ0v) is 11.3. The predicted octanol–water partition coefficient (Wildman–Crippen LogP) is 2.03. The van der Waals surface area contributed by atoms with Crippen LogP contribution in [0.25, 0.3) is 0 Å². The van der Waals surface area contributed by atoms with Crippen LogP contribution in [-0.4, -0.2) is 56.0 Å². The van der Waals surface area contributed by atoms with Gasteiger partial charge in [-0.2, -0.15) is 13.2 Å². The SMILES string of the molecule is COCC(CNC(C)C)N(CC(F)(F)F)C1CC1. The van der Waals surface area contributed by atoms with Crippen LogP contribution in [0, 0.1) is 0 Å². The van der Waals surface area contributed by atoms with Crippen molar-refractivity contribution in [2.45, 2.75) is 51.0 Å². The fraction of sp³-hybridized carbons (Fsp3) is 1.00. The molecule has 1 fully saturated rings. The van der Waals surface area contributed by atoms with Gasteiger partial charge in [0.05, 0.1) is 13.2 Å². The number of halogens is 3. The van der Waals surface area contributed by atoms with Crippen LogP contribution in [0.1, 0.15) is 26.7 Å². The maximum atomic E-state index is 12.6. The number of nitrogens with zero attached hydrogens (tertiary/aromatic N) is 1. The Hall–Kier alpha value is -0.330. The van der Waals surface area contributed by atoms with Crippen LogP contribution in [-0.2, 0) is 4.74 Å². The second-order valence-electron chi connectivity index (χ2n) is 5.19. The van der Waals surface area contributed by atoms with Crippen molar-refractivity contribution in [3.8, 4) is 0 Å². The van der Waals surface area contributed by atoms with E-state index in [1.165, 1.54) is 7.11 Å². The van der Waals surface area contributed by atoms with Gasteiger partial charge in [0.2, 0.25) is 0 Å². The van der Waals surface area contributed by atoms with Gasteiger partial charge in [-0.15, -0.1) is 0 Å². The van der Waals surface area contributed by atoms with Crippen molar-refractivity contribution in [3.05, 3.63) is 0 Å². The van der Waals surface area contributed by atoms with Gasteiger partial charge in [0.25, 0.3) is 0 Å². The Labute approximate surface area is 107 Å². The highest BCUT2D eigenvalue weighted by Crippen LogP contribution is 2.31. The van der Waals surface area contributed by atoms with Crippen molar-refractivity contribution in [1.29, 1.82) is 0 Å². The Balaban J connectivity index is 2.59. The van der Waals surface area contributed by atoms with Crippen LogP contribution in [0.5, 0.6) is 0 Å². The first-order chi connectivity index (χ1) is 8.33. The van der Waals surface area contributed by atoms with Crippen LogP contribution in [0.4, 0.5) is 13.2 Å². The molecule has 1 saturated carbocycles. The van der Waals surface area contributed by atoms with E-state index in [1.54, 1.807) is 4.90 Å². The lowest BCUT2D eigenvalue weighted by Crippen LogP contribution is -2.50. The fourth-order valence-corrected chi connectivity index (χ4v) is 2.01. The van der Waals surface area contributed by atoms with Crippen LogP contribution >= 0.6 is 0 Å². The zero-order chi connectivity index (χ0) is 13.8. The average molecular weight is 268 g/mol. The molecule has 0 bridgehead atoms. The quantitative estimate of drug-likeness (QED) is 0.729. The molecule has 6 heteroatoms. The lowest BCUT2D eigenvalue weighted by Gasteiger charge is -2.32. The Morgan fingerprint density at radius 1 is 1.33 bits per heavy atom. The summed E-state index contributed by atoms with van der Waals surface area (Å²) in [5.74, 6) is 0. The lowest BCUT2D eigenvalue weighted by atomic mass is 10.2. The number of hydrogen-bond acceptors (Lipinski definition) is 3. The molecule has 1 N–H and O–H groups in total. The average Bonchev–Trinajstić information content (AvgIpc) is 3.03. The Morgan fingerprint density at radius 2 is 1.94 bits per heavy atom. The summed E-state index contributed by atoms with van der Waals surface area (Å²) in [6, 6.07) is 0.114. The monoisotopic (exact) mass is 268 g/mol. The summed E-state index contributed by atoms with van der Waals surface area (Å²) in [7, 11) is 1.53. The molecular formula is C12H23F3N2O. The predicted molar refractivity (Wildman–Crippen MR) is 64.6 cm³/mol. The smallest absolute Gasteiger partial charge is 0.383 e. The van der Waals surface area contributed by atoms with E-state index in [2.05, 4.69) is 5.32 Å². The minimum absolute atomic E-state index is 0.0701. The topological polar surface area (TPSA) is 24.5 Å². The molecule has 1 rings (SSSR count). The highest BCUT2D eigenvalue weighted by molar-refractivity contribution is 4.91. The summed E-state index contributed by atoms with van der Waals surface area (Å²) in [4.78, 5) is 1.54. The molecule has 0 spiro atoms. The Bertz CT molecular complexity index is 242. The Morgan fingerprint density at radius 3 is 2.33 bits per heavy atom. The van der Waals surface area contributed by atoms with Crippen molar-refractivity contribution in [1.82, 2.24) is 10.2 Å². The highest BCUT2D eigenvalue weighted by atomic mass is 19.4. The van der Waals surface area contributed by atoms with Gasteiger partial charge >= 0.3 is 6.18 Å². The van der Waals surface area contributed by atoms with E-state index in [1.807, 2.05) is 13.8 Å². The van der Waals surface area contributed by atoms with Crippen molar-refractivity contribution < 1.29 is 17.9 Å². The number of hydrogen-bond donors (Lipinski definition) is 1. The molecule has 3 nitrogen and oxygen atoms in total. The van der Waals surface area contributed by atoms with E-state index in [9.17, 15) is 13.2 Å². The van der Waals surface area contributed by atoms with E-state index in [0.29, 0.717) is 13.2 Å². The molecule has 1 unspecified atom stereocenters. The van der Waals surface area contributed by atoms with Gasteiger partial charge < -0.3 is 10.1 Å². The molecular weight excluding hydrogens is 245 g/mol. The summed E-state index contributed by atoms with van der Waals surface area (Å²) in [5, 5.41) is 3.19. The zero-order valence-electron chi connectivity index (χ0n) is 11.3. The summed E-state index contributed by atoms with van der Waals surface area (Å²) in [6.45, 7) is 3.97. The molecule has 0 aliphatic heterocycles. The second-order valence-corrected chi connectivity index (χ2v) is 5.19. The number of methoxy groups -OCH3 is 1. The molecule has 108 valence electrons. The van der Waals surface area contributed by atoms with E-state index < -0.39 is 12.7 Å².